The van der Waals surface area contributed by atoms with Crippen LogP contribution in [-0.4, -0.2) is 46.6 Å². The van der Waals surface area contributed by atoms with Gasteiger partial charge in [-0.25, -0.2) is 9.97 Å². The van der Waals surface area contributed by atoms with Gasteiger partial charge in [-0.15, -0.1) is 0 Å². The number of hydrogen-bond donors (Lipinski definition) is 1. The zero-order chi connectivity index (χ0) is 13.3. The molecular formula is C12H20ClN5. The lowest BCUT2D eigenvalue weighted by Gasteiger charge is -2.42. The van der Waals surface area contributed by atoms with Crippen LogP contribution in [0.1, 0.15) is 20.8 Å². The van der Waals surface area contributed by atoms with Crippen LogP contribution in [0.25, 0.3) is 0 Å². The molecule has 1 fully saturated rings. The smallest absolute Gasteiger partial charge is 0.153 e. The standard InChI is InChI=1S/C12H20ClN5/c1-12(2,3)18-6-4-17(5-7-18)11-9(13)10(14)15-8-16-11/h8H,4-7H2,1-3H3,(H2,14,15,16). The molecule has 0 aromatic carbocycles. The largest absolute Gasteiger partial charge is 0.382 e. The molecule has 0 amide bonds. The second-order valence-electron chi connectivity index (χ2n) is 5.54. The van der Waals surface area contributed by atoms with Gasteiger partial charge >= 0.3 is 0 Å². The quantitative estimate of drug-likeness (QED) is 0.840. The molecule has 6 heteroatoms. The fourth-order valence-electron chi connectivity index (χ4n) is 2.18. The number of anilines is 2. The van der Waals surface area contributed by atoms with Gasteiger partial charge < -0.3 is 10.6 Å². The summed E-state index contributed by atoms with van der Waals surface area (Å²) in [5, 5.41) is 0.460. The van der Waals surface area contributed by atoms with Gasteiger partial charge in [0.25, 0.3) is 0 Å². The molecule has 100 valence electrons. The van der Waals surface area contributed by atoms with Gasteiger partial charge in [-0.1, -0.05) is 11.6 Å². The Labute approximate surface area is 113 Å². The van der Waals surface area contributed by atoms with E-state index in [1.165, 1.54) is 6.33 Å². The highest BCUT2D eigenvalue weighted by Gasteiger charge is 2.27. The fraction of sp³-hybridized carbons (Fsp3) is 0.667. The maximum absolute atomic E-state index is 6.15. The van der Waals surface area contributed by atoms with Crippen LogP contribution in [0.2, 0.25) is 5.02 Å². The van der Waals surface area contributed by atoms with E-state index in [1.807, 2.05) is 0 Å². The van der Waals surface area contributed by atoms with Crippen molar-refractivity contribution in [2.45, 2.75) is 26.3 Å². The molecule has 0 unspecified atom stereocenters. The molecule has 1 aromatic heterocycles. The first-order valence-electron chi connectivity index (χ1n) is 6.15. The second kappa shape index (κ2) is 4.90. The Morgan fingerprint density at radius 3 is 2.33 bits per heavy atom. The van der Waals surface area contributed by atoms with Crippen molar-refractivity contribution < 1.29 is 0 Å². The third-order valence-electron chi connectivity index (χ3n) is 3.33. The van der Waals surface area contributed by atoms with Crippen LogP contribution in [0, 0.1) is 0 Å². The number of nitrogens with two attached hydrogens (primary N) is 1. The van der Waals surface area contributed by atoms with E-state index in [2.05, 4.69) is 40.5 Å². The minimum Gasteiger partial charge on any atom is -0.382 e. The summed E-state index contributed by atoms with van der Waals surface area (Å²) in [4.78, 5) is 12.7. The molecule has 1 aromatic rings. The van der Waals surface area contributed by atoms with Crippen LogP contribution >= 0.6 is 11.6 Å². The van der Waals surface area contributed by atoms with Crippen molar-refractivity contribution in [2.75, 3.05) is 36.8 Å². The first-order chi connectivity index (χ1) is 8.39. The van der Waals surface area contributed by atoms with Crippen molar-refractivity contribution in [2.24, 2.45) is 0 Å². The van der Waals surface area contributed by atoms with Gasteiger partial charge in [-0.05, 0) is 20.8 Å². The van der Waals surface area contributed by atoms with Crippen molar-refractivity contribution in [3.8, 4) is 0 Å². The summed E-state index contributed by atoms with van der Waals surface area (Å²) in [5.41, 5.74) is 5.91. The van der Waals surface area contributed by atoms with Crippen molar-refractivity contribution in [3.63, 3.8) is 0 Å². The summed E-state index contributed by atoms with van der Waals surface area (Å²) in [6.07, 6.45) is 1.46. The number of hydrogen-bond acceptors (Lipinski definition) is 5. The molecule has 18 heavy (non-hydrogen) atoms. The van der Waals surface area contributed by atoms with Gasteiger partial charge in [0, 0.05) is 31.7 Å². The maximum Gasteiger partial charge on any atom is 0.153 e. The number of nitrogens with zero attached hydrogens (tertiary/aromatic N) is 4. The summed E-state index contributed by atoms with van der Waals surface area (Å²) in [6, 6.07) is 0. The van der Waals surface area contributed by atoms with Crippen molar-refractivity contribution in [3.05, 3.63) is 11.3 Å². The Balaban J connectivity index is 2.08. The van der Waals surface area contributed by atoms with Crippen LogP contribution in [0.5, 0.6) is 0 Å². The molecule has 0 aliphatic carbocycles. The van der Waals surface area contributed by atoms with E-state index in [1.54, 1.807) is 0 Å². The molecule has 2 rings (SSSR count). The molecular weight excluding hydrogens is 250 g/mol. The van der Waals surface area contributed by atoms with Crippen LogP contribution in [0.4, 0.5) is 11.6 Å². The molecule has 2 N–H and O–H groups in total. The van der Waals surface area contributed by atoms with Crippen molar-refractivity contribution in [1.82, 2.24) is 14.9 Å². The second-order valence-corrected chi connectivity index (χ2v) is 5.92. The van der Waals surface area contributed by atoms with E-state index >= 15 is 0 Å². The van der Waals surface area contributed by atoms with Crippen molar-refractivity contribution in [1.29, 1.82) is 0 Å². The summed E-state index contributed by atoms with van der Waals surface area (Å²) < 4.78 is 0. The maximum atomic E-state index is 6.15. The fourth-order valence-corrected chi connectivity index (χ4v) is 2.40. The third kappa shape index (κ3) is 2.67. The normalized spacial score (nSPS) is 18.1. The molecule has 2 heterocycles. The lowest BCUT2D eigenvalue weighted by atomic mass is 10.1. The van der Waals surface area contributed by atoms with Crippen LogP contribution < -0.4 is 10.6 Å². The lowest BCUT2D eigenvalue weighted by Crippen LogP contribution is -2.53. The molecule has 0 spiro atoms. The van der Waals surface area contributed by atoms with Gasteiger partial charge in [-0.2, -0.15) is 0 Å². The highest BCUT2D eigenvalue weighted by atomic mass is 35.5. The van der Waals surface area contributed by atoms with Gasteiger partial charge in [-0.3, -0.25) is 4.90 Å². The van der Waals surface area contributed by atoms with Crippen LogP contribution in [0.3, 0.4) is 0 Å². The van der Waals surface area contributed by atoms with Crippen LogP contribution in [-0.2, 0) is 0 Å². The SMILES string of the molecule is CC(C)(C)N1CCN(c2ncnc(N)c2Cl)CC1. The number of halogens is 1. The minimum absolute atomic E-state index is 0.209. The Bertz CT molecular complexity index is 421. The third-order valence-corrected chi connectivity index (χ3v) is 3.69. The van der Waals surface area contributed by atoms with E-state index in [4.69, 9.17) is 17.3 Å². The van der Waals surface area contributed by atoms with Crippen molar-refractivity contribution >= 4 is 23.2 Å². The Morgan fingerprint density at radius 2 is 1.78 bits per heavy atom. The highest BCUT2D eigenvalue weighted by Crippen LogP contribution is 2.28. The summed E-state index contributed by atoms with van der Waals surface area (Å²) in [7, 11) is 0. The van der Waals surface area contributed by atoms with Gasteiger partial charge in [0.1, 0.15) is 17.2 Å². The van der Waals surface area contributed by atoms with E-state index in [0.717, 1.165) is 32.0 Å². The summed E-state index contributed by atoms with van der Waals surface area (Å²) in [5.74, 6) is 1.10. The summed E-state index contributed by atoms with van der Waals surface area (Å²) in [6.45, 7) is 10.5. The first-order valence-corrected chi connectivity index (χ1v) is 6.53. The Morgan fingerprint density at radius 1 is 1.17 bits per heavy atom. The average molecular weight is 270 g/mol. The van der Waals surface area contributed by atoms with Crippen LogP contribution in [0.15, 0.2) is 6.33 Å². The average Bonchev–Trinajstić information content (AvgIpc) is 2.32. The van der Waals surface area contributed by atoms with E-state index in [9.17, 15) is 0 Å². The predicted molar refractivity (Wildman–Crippen MR) is 75.0 cm³/mol. The van der Waals surface area contributed by atoms with Gasteiger partial charge in [0.05, 0.1) is 0 Å². The van der Waals surface area contributed by atoms with E-state index in [0.29, 0.717) is 10.8 Å². The Kier molecular flexibility index (Phi) is 3.64. The Hall–Kier alpha value is -1.07. The topological polar surface area (TPSA) is 58.3 Å². The van der Waals surface area contributed by atoms with Gasteiger partial charge in [0.15, 0.2) is 5.82 Å². The monoisotopic (exact) mass is 269 g/mol. The molecule has 0 atom stereocenters. The molecule has 0 saturated carbocycles. The first kappa shape index (κ1) is 13.4. The zero-order valence-corrected chi connectivity index (χ0v) is 11.9. The molecule has 0 radical (unpaired) electrons. The number of piperazine rings is 1. The lowest BCUT2D eigenvalue weighted by molar-refractivity contribution is 0.128. The number of nitrogen functional groups attached to an aromatic ring is 1. The molecule has 1 aliphatic heterocycles. The highest BCUT2D eigenvalue weighted by molar-refractivity contribution is 6.35. The van der Waals surface area contributed by atoms with Gasteiger partial charge in [0.2, 0.25) is 0 Å². The van der Waals surface area contributed by atoms with E-state index < -0.39 is 0 Å². The molecule has 1 saturated heterocycles. The zero-order valence-electron chi connectivity index (χ0n) is 11.1. The number of aromatic nitrogens is 2. The molecule has 5 nitrogen and oxygen atoms in total. The molecule has 1 aliphatic rings. The summed E-state index contributed by atoms with van der Waals surface area (Å²) >= 11 is 6.15. The minimum atomic E-state index is 0.209. The predicted octanol–water partition coefficient (Wildman–Crippen LogP) is 1.63. The molecule has 0 bridgehead atoms. The number of rotatable bonds is 1. The van der Waals surface area contributed by atoms with E-state index in [-0.39, 0.29) is 5.54 Å².